The number of hydrogen-bond acceptors (Lipinski definition) is 4. The molecule has 2 aromatic carbocycles. The van der Waals surface area contributed by atoms with Crippen LogP contribution in [0.4, 0.5) is 5.69 Å². The Morgan fingerprint density at radius 3 is 2.41 bits per heavy atom. The van der Waals surface area contributed by atoms with E-state index in [9.17, 15) is 13.2 Å². The van der Waals surface area contributed by atoms with Crippen LogP contribution in [0, 0.1) is 13.8 Å². The highest BCUT2D eigenvalue weighted by Gasteiger charge is 2.32. The molecule has 0 radical (unpaired) electrons. The smallest absolute Gasteiger partial charge is 0.258 e. The van der Waals surface area contributed by atoms with Crippen molar-refractivity contribution in [3.63, 3.8) is 0 Å². The minimum Gasteiger partial charge on any atom is -0.494 e. The summed E-state index contributed by atoms with van der Waals surface area (Å²) in [4.78, 5) is 14.9. The van der Waals surface area contributed by atoms with Gasteiger partial charge in [-0.05, 0) is 73.9 Å². The predicted molar refractivity (Wildman–Crippen MR) is 116 cm³/mol. The number of hydrogen-bond donors (Lipinski definition) is 0. The molecule has 1 aliphatic rings. The average molecular weight is 414 g/mol. The summed E-state index contributed by atoms with van der Waals surface area (Å²) in [5, 5.41) is 1.20. The summed E-state index contributed by atoms with van der Waals surface area (Å²) in [6.07, 6.45) is 3.62. The third-order valence-electron chi connectivity index (χ3n) is 5.10. The second kappa shape index (κ2) is 8.82. The van der Waals surface area contributed by atoms with Crippen molar-refractivity contribution in [1.29, 1.82) is 0 Å². The van der Waals surface area contributed by atoms with Gasteiger partial charge in [0.05, 0.1) is 18.4 Å². The van der Waals surface area contributed by atoms with Gasteiger partial charge in [0.1, 0.15) is 5.75 Å². The molecule has 1 unspecified atom stereocenters. The van der Waals surface area contributed by atoms with Gasteiger partial charge in [0.25, 0.3) is 5.91 Å². The monoisotopic (exact) mass is 413 g/mol. The third kappa shape index (κ3) is 5.07. The fraction of sp³-hybridized carbons (Fsp3) is 0.348. The summed E-state index contributed by atoms with van der Waals surface area (Å²) in [5.74, 6) is 0.375. The van der Waals surface area contributed by atoms with Crippen LogP contribution in [-0.2, 0) is 9.84 Å². The summed E-state index contributed by atoms with van der Waals surface area (Å²) >= 11 is 0. The van der Waals surface area contributed by atoms with Crippen molar-refractivity contribution in [3.05, 3.63) is 70.6 Å². The van der Waals surface area contributed by atoms with E-state index >= 15 is 0 Å². The highest BCUT2D eigenvalue weighted by atomic mass is 32.2. The van der Waals surface area contributed by atoms with Crippen molar-refractivity contribution in [3.8, 4) is 5.75 Å². The minimum atomic E-state index is -3.30. The number of anilines is 1. The van der Waals surface area contributed by atoms with Gasteiger partial charge in [-0.25, -0.2) is 8.42 Å². The van der Waals surface area contributed by atoms with Gasteiger partial charge in [-0.3, -0.25) is 4.79 Å². The van der Waals surface area contributed by atoms with E-state index in [2.05, 4.69) is 6.92 Å². The number of amides is 1. The Kier molecular flexibility index (Phi) is 6.42. The van der Waals surface area contributed by atoms with Crippen LogP contribution in [-0.4, -0.2) is 32.7 Å². The Labute approximate surface area is 172 Å². The molecule has 0 N–H and O–H groups in total. The third-order valence-corrected chi connectivity index (χ3v) is 6.48. The van der Waals surface area contributed by atoms with Crippen molar-refractivity contribution in [2.24, 2.45) is 0 Å². The van der Waals surface area contributed by atoms with Crippen molar-refractivity contribution in [1.82, 2.24) is 0 Å². The molecule has 29 heavy (non-hydrogen) atoms. The van der Waals surface area contributed by atoms with Gasteiger partial charge in [-0.15, -0.1) is 0 Å². The van der Waals surface area contributed by atoms with Crippen molar-refractivity contribution in [2.75, 3.05) is 17.3 Å². The molecule has 0 aromatic heterocycles. The van der Waals surface area contributed by atoms with Crippen LogP contribution in [0.15, 0.2) is 53.9 Å². The number of unbranched alkanes of at least 4 members (excludes halogenated alkanes) is 1. The van der Waals surface area contributed by atoms with Crippen molar-refractivity contribution < 1.29 is 17.9 Å². The number of benzene rings is 2. The minimum absolute atomic E-state index is 0.107. The van der Waals surface area contributed by atoms with Crippen LogP contribution >= 0.6 is 0 Å². The van der Waals surface area contributed by atoms with E-state index in [4.69, 9.17) is 4.74 Å². The number of sulfone groups is 1. The lowest BCUT2D eigenvalue weighted by Gasteiger charge is -2.28. The van der Waals surface area contributed by atoms with Crippen LogP contribution < -0.4 is 9.64 Å². The van der Waals surface area contributed by atoms with Gasteiger partial charge in [-0.2, -0.15) is 0 Å². The Bertz CT molecular complexity index is 1010. The number of ether oxygens (including phenoxy) is 1. The second-order valence-electron chi connectivity index (χ2n) is 7.40. The van der Waals surface area contributed by atoms with E-state index in [1.54, 1.807) is 35.2 Å². The number of nitrogens with zero attached hydrogens (tertiary/aromatic N) is 1. The van der Waals surface area contributed by atoms with Gasteiger partial charge >= 0.3 is 0 Å². The van der Waals surface area contributed by atoms with Crippen molar-refractivity contribution in [2.45, 2.75) is 39.7 Å². The molecule has 0 spiro atoms. The molecule has 5 nitrogen and oxygen atoms in total. The quantitative estimate of drug-likeness (QED) is 0.630. The largest absolute Gasteiger partial charge is 0.494 e. The summed E-state index contributed by atoms with van der Waals surface area (Å²) in [5.41, 5.74) is 3.34. The van der Waals surface area contributed by atoms with Crippen LogP contribution in [0.5, 0.6) is 5.75 Å². The van der Waals surface area contributed by atoms with E-state index in [-0.39, 0.29) is 11.7 Å². The van der Waals surface area contributed by atoms with Gasteiger partial charge in [0.2, 0.25) is 0 Å². The summed E-state index contributed by atoms with van der Waals surface area (Å²) in [6.45, 7) is 6.72. The first kappa shape index (κ1) is 21.1. The van der Waals surface area contributed by atoms with Crippen LogP contribution in [0.25, 0.3) is 0 Å². The maximum Gasteiger partial charge on any atom is 0.258 e. The first-order chi connectivity index (χ1) is 13.8. The zero-order valence-electron chi connectivity index (χ0n) is 17.1. The molecule has 0 saturated heterocycles. The fourth-order valence-corrected chi connectivity index (χ4v) is 4.49. The molecule has 1 aliphatic heterocycles. The van der Waals surface area contributed by atoms with Crippen LogP contribution in [0.1, 0.15) is 41.3 Å². The van der Waals surface area contributed by atoms with Gasteiger partial charge in [0.15, 0.2) is 9.84 Å². The SMILES string of the molecule is CCCCOc1ccc(C(=O)N(c2ccc(C)c(C)c2)C2C=CS(=O)(=O)C2)cc1. The molecule has 0 saturated carbocycles. The maximum atomic E-state index is 13.4. The van der Waals surface area contributed by atoms with Crippen LogP contribution in [0.3, 0.4) is 0 Å². The lowest BCUT2D eigenvalue weighted by atomic mass is 10.1. The fourth-order valence-electron chi connectivity index (χ4n) is 3.22. The molecule has 0 aliphatic carbocycles. The van der Waals surface area contributed by atoms with Crippen LogP contribution in [0.2, 0.25) is 0 Å². The van der Waals surface area contributed by atoms with E-state index in [1.807, 2.05) is 32.0 Å². The van der Waals surface area contributed by atoms with Crippen molar-refractivity contribution >= 4 is 21.4 Å². The standard InChI is InChI=1S/C23H27NO4S/c1-4-5-13-28-22-10-7-19(8-11-22)23(25)24(21-12-14-29(26,27)16-21)20-9-6-17(2)18(3)15-20/h6-12,14-15,21H,4-5,13,16H2,1-3H3. The number of carbonyl (C=O) groups is 1. The predicted octanol–water partition coefficient (Wildman–Crippen LogP) is 4.44. The normalized spacial score (nSPS) is 17.3. The molecule has 1 heterocycles. The van der Waals surface area contributed by atoms with Gasteiger partial charge in [0, 0.05) is 16.7 Å². The molecule has 0 fully saturated rings. The topological polar surface area (TPSA) is 63.7 Å². The van der Waals surface area contributed by atoms with Gasteiger partial charge < -0.3 is 9.64 Å². The highest BCUT2D eigenvalue weighted by Crippen LogP contribution is 2.27. The Hall–Kier alpha value is -2.60. The molecule has 3 rings (SSSR count). The van der Waals surface area contributed by atoms with E-state index in [1.165, 1.54) is 5.41 Å². The van der Waals surface area contributed by atoms with E-state index < -0.39 is 15.9 Å². The summed E-state index contributed by atoms with van der Waals surface area (Å²) in [6, 6.07) is 12.2. The number of carbonyl (C=O) groups excluding carboxylic acids is 1. The lowest BCUT2D eigenvalue weighted by Crippen LogP contribution is -2.41. The molecule has 6 heteroatoms. The highest BCUT2D eigenvalue weighted by molar-refractivity contribution is 7.94. The molecule has 0 bridgehead atoms. The molecule has 1 amide bonds. The Morgan fingerprint density at radius 2 is 1.83 bits per heavy atom. The van der Waals surface area contributed by atoms with Gasteiger partial charge in [-0.1, -0.05) is 19.4 Å². The summed E-state index contributed by atoms with van der Waals surface area (Å²) in [7, 11) is -3.30. The average Bonchev–Trinajstić information content (AvgIpc) is 3.05. The van der Waals surface area contributed by atoms with E-state index in [0.717, 1.165) is 29.7 Å². The number of rotatable bonds is 7. The number of aryl methyl sites for hydroxylation is 2. The first-order valence-corrected chi connectivity index (χ1v) is 11.6. The second-order valence-corrected chi connectivity index (χ2v) is 9.33. The molecular formula is C23H27NO4S. The molecule has 1 atom stereocenters. The van der Waals surface area contributed by atoms with E-state index in [0.29, 0.717) is 17.9 Å². The molecular weight excluding hydrogens is 386 g/mol. The summed E-state index contributed by atoms with van der Waals surface area (Å²) < 4.78 is 29.6. The lowest BCUT2D eigenvalue weighted by molar-refractivity contribution is 0.0983. The first-order valence-electron chi connectivity index (χ1n) is 9.85. The zero-order chi connectivity index (χ0) is 21.0. The maximum absolute atomic E-state index is 13.4. The molecule has 154 valence electrons. The Morgan fingerprint density at radius 1 is 1.10 bits per heavy atom. The zero-order valence-corrected chi connectivity index (χ0v) is 17.9. The molecule has 2 aromatic rings. The Balaban J connectivity index is 1.90.